The smallest absolute Gasteiger partial charge is 0.311 e. The third-order valence-electron chi connectivity index (χ3n) is 5.22. The molecule has 2 N–H and O–H groups in total. The van der Waals surface area contributed by atoms with Crippen LogP contribution in [0.1, 0.15) is 17.5 Å². The van der Waals surface area contributed by atoms with Gasteiger partial charge in [0.05, 0.1) is 38.9 Å². The molecule has 0 spiro atoms. The van der Waals surface area contributed by atoms with Crippen LogP contribution in [0.2, 0.25) is 0 Å². The highest BCUT2D eigenvalue weighted by atomic mass is 35.5. The largest absolute Gasteiger partial charge is 0.497 e. The van der Waals surface area contributed by atoms with Crippen molar-refractivity contribution in [1.29, 1.82) is 0 Å². The number of rotatable bonds is 8. The molecule has 1 fully saturated rings. The van der Waals surface area contributed by atoms with Crippen LogP contribution in [-0.2, 0) is 22.6 Å². The Morgan fingerprint density at radius 2 is 1.43 bits per heavy atom. The maximum atomic E-state index is 12.5. The number of carbonyl (C=O) groups is 1. The fourth-order valence-corrected chi connectivity index (χ4v) is 3.85. The Morgan fingerprint density at radius 1 is 0.933 bits per heavy atom. The molecule has 1 heterocycles. The summed E-state index contributed by atoms with van der Waals surface area (Å²) in [6.07, 6.45) is 0.171. The van der Waals surface area contributed by atoms with Gasteiger partial charge in [-0.3, -0.25) is 9.69 Å². The minimum absolute atomic E-state index is 0.283. The van der Waals surface area contributed by atoms with E-state index in [4.69, 9.17) is 25.8 Å². The number of carbonyl (C=O) groups excluding carboxylic acids is 1. The molecule has 0 aliphatic carbocycles. The van der Waals surface area contributed by atoms with E-state index >= 15 is 0 Å². The summed E-state index contributed by atoms with van der Waals surface area (Å²) in [5.74, 6) is 0.912. The number of nitrogens with one attached hydrogen (secondary N) is 2. The van der Waals surface area contributed by atoms with Gasteiger partial charge in [0.15, 0.2) is 0 Å². The van der Waals surface area contributed by atoms with Crippen LogP contribution in [0, 0.1) is 5.92 Å². The van der Waals surface area contributed by atoms with E-state index in [-0.39, 0.29) is 17.6 Å². The van der Waals surface area contributed by atoms with Gasteiger partial charge in [0.2, 0.25) is 0 Å². The van der Waals surface area contributed by atoms with E-state index in [2.05, 4.69) is 15.8 Å². The number of benzene rings is 2. The molecule has 1 saturated heterocycles. The summed E-state index contributed by atoms with van der Waals surface area (Å²) < 4.78 is 15.6. The summed E-state index contributed by atoms with van der Waals surface area (Å²) in [5.41, 5.74) is 8.12. The quantitative estimate of drug-likeness (QED) is 0.377. The van der Waals surface area contributed by atoms with Crippen LogP contribution in [0.3, 0.4) is 0 Å². The van der Waals surface area contributed by atoms with E-state index < -0.39 is 5.92 Å². The highest BCUT2D eigenvalue weighted by Gasteiger charge is 2.38. The van der Waals surface area contributed by atoms with Crippen LogP contribution >= 0.6 is 11.6 Å². The first kappa shape index (κ1) is 22.4. The first-order chi connectivity index (χ1) is 14.5. The molecule has 30 heavy (non-hydrogen) atoms. The van der Waals surface area contributed by atoms with Crippen molar-refractivity contribution in [2.24, 2.45) is 5.92 Å². The zero-order valence-corrected chi connectivity index (χ0v) is 18.2. The second-order valence-corrected chi connectivity index (χ2v) is 7.69. The highest BCUT2D eigenvalue weighted by Crippen LogP contribution is 2.26. The van der Waals surface area contributed by atoms with Crippen molar-refractivity contribution in [1.82, 2.24) is 15.8 Å². The van der Waals surface area contributed by atoms with Gasteiger partial charge in [-0.15, -0.1) is 11.6 Å². The molecule has 1 aliphatic heterocycles. The minimum Gasteiger partial charge on any atom is -0.497 e. The zero-order chi connectivity index (χ0) is 21.5. The SMILES string of the molecule is COC(=O)C1CC(Cl)NNC1N(Cc1ccc(OC)cc1)Cc1ccc(OC)cc1. The van der Waals surface area contributed by atoms with Crippen LogP contribution in [-0.4, -0.2) is 43.9 Å². The van der Waals surface area contributed by atoms with E-state index in [1.807, 2.05) is 48.5 Å². The molecule has 3 atom stereocenters. The zero-order valence-electron chi connectivity index (χ0n) is 17.4. The molecule has 7 nitrogen and oxygen atoms in total. The summed E-state index contributed by atoms with van der Waals surface area (Å²) in [7, 11) is 4.69. The highest BCUT2D eigenvalue weighted by molar-refractivity contribution is 6.20. The number of alkyl halides is 1. The fraction of sp³-hybridized carbons (Fsp3) is 0.409. The molecule has 1 aliphatic rings. The van der Waals surface area contributed by atoms with Gasteiger partial charge in [-0.05, 0) is 41.8 Å². The van der Waals surface area contributed by atoms with E-state index in [1.54, 1.807) is 14.2 Å². The average Bonchev–Trinajstić information content (AvgIpc) is 2.79. The Labute approximate surface area is 182 Å². The lowest BCUT2D eigenvalue weighted by molar-refractivity contribution is -0.151. The van der Waals surface area contributed by atoms with Crippen molar-refractivity contribution < 1.29 is 19.0 Å². The summed E-state index contributed by atoms with van der Waals surface area (Å²) in [5, 5.41) is 0. The molecule has 162 valence electrons. The standard InChI is InChI=1S/C22H28ClN3O4/c1-28-17-8-4-15(5-9-17)13-26(14-16-6-10-18(29-2)11-7-16)21-19(22(27)30-3)12-20(23)24-25-21/h4-11,19-21,24-25H,12-14H2,1-3H3. The monoisotopic (exact) mass is 433 g/mol. The third-order valence-corrected chi connectivity index (χ3v) is 5.50. The van der Waals surface area contributed by atoms with Crippen LogP contribution in [0.15, 0.2) is 48.5 Å². The number of ether oxygens (including phenoxy) is 3. The van der Waals surface area contributed by atoms with E-state index in [9.17, 15) is 4.79 Å². The first-order valence-electron chi connectivity index (χ1n) is 9.77. The maximum absolute atomic E-state index is 12.5. The number of hydrogen-bond donors (Lipinski definition) is 2. The minimum atomic E-state index is -0.407. The molecular weight excluding hydrogens is 406 g/mol. The Bertz CT molecular complexity index is 767. The van der Waals surface area contributed by atoms with E-state index in [1.165, 1.54) is 7.11 Å². The summed E-state index contributed by atoms with van der Waals surface area (Å²) in [6.45, 7) is 1.24. The number of hydrogen-bond acceptors (Lipinski definition) is 7. The van der Waals surface area contributed by atoms with E-state index in [0.29, 0.717) is 19.5 Å². The summed E-state index contributed by atoms with van der Waals surface area (Å²) >= 11 is 6.24. The predicted molar refractivity (Wildman–Crippen MR) is 115 cm³/mol. The number of nitrogens with zero attached hydrogens (tertiary/aromatic N) is 1. The van der Waals surface area contributed by atoms with Crippen molar-refractivity contribution in [3.63, 3.8) is 0 Å². The fourth-order valence-electron chi connectivity index (χ4n) is 3.59. The van der Waals surface area contributed by atoms with Crippen molar-refractivity contribution in [2.75, 3.05) is 21.3 Å². The first-order valence-corrected chi connectivity index (χ1v) is 10.2. The van der Waals surface area contributed by atoms with Gasteiger partial charge in [0, 0.05) is 13.1 Å². The molecule has 0 radical (unpaired) electrons. The van der Waals surface area contributed by atoms with Gasteiger partial charge >= 0.3 is 5.97 Å². The molecule has 2 aromatic carbocycles. The molecule has 3 unspecified atom stereocenters. The van der Waals surface area contributed by atoms with Crippen molar-refractivity contribution in [3.8, 4) is 11.5 Å². The average molecular weight is 434 g/mol. The third kappa shape index (κ3) is 5.64. The Morgan fingerprint density at radius 3 is 1.87 bits per heavy atom. The molecule has 0 saturated carbocycles. The van der Waals surface area contributed by atoms with Crippen LogP contribution < -0.4 is 20.3 Å². The number of esters is 1. The molecular formula is C22H28ClN3O4. The Balaban J connectivity index is 1.86. The lowest BCUT2D eigenvalue weighted by Gasteiger charge is -2.41. The van der Waals surface area contributed by atoms with Gasteiger partial charge in [-0.2, -0.15) is 0 Å². The van der Waals surface area contributed by atoms with Gasteiger partial charge in [0.25, 0.3) is 0 Å². The molecule has 2 aromatic rings. The van der Waals surface area contributed by atoms with Crippen LogP contribution in [0.4, 0.5) is 0 Å². The van der Waals surface area contributed by atoms with Gasteiger partial charge in [0.1, 0.15) is 11.5 Å². The Hall–Kier alpha value is -2.32. The van der Waals surface area contributed by atoms with Crippen LogP contribution in [0.25, 0.3) is 0 Å². The second kappa shape index (κ2) is 10.6. The summed E-state index contributed by atoms with van der Waals surface area (Å²) in [6, 6.07) is 15.8. The lowest BCUT2D eigenvalue weighted by atomic mass is 9.98. The second-order valence-electron chi connectivity index (χ2n) is 7.17. The van der Waals surface area contributed by atoms with Crippen LogP contribution in [0.5, 0.6) is 11.5 Å². The van der Waals surface area contributed by atoms with Gasteiger partial charge in [-0.25, -0.2) is 10.9 Å². The lowest BCUT2D eigenvalue weighted by Crippen LogP contribution is -2.62. The molecule has 3 rings (SSSR count). The van der Waals surface area contributed by atoms with E-state index in [0.717, 1.165) is 22.6 Å². The molecule has 0 amide bonds. The normalized spacial score (nSPS) is 21.3. The number of hydrazine groups is 1. The number of halogens is 1. The maximum Gasteiger partial charge on any atom is 0.311 e. The van der Waals surface area contributed by atoms with Gasteiger partial charge in [-0.1, -0.05) is 24.3 Å². The molecule has 0 bridgehead atoms. The van der Waals surface area contributed by atoms with Crippen molar-refractivity contribution in [2.45, 2.75) is 31.2 Å². The van der Waals surface area contributed by atoms with Crippen molar-refractivity contribution >= 4 is 17.6 Å². The molecule has 8 heteroatoms. The predicted octanol–water partition coefficient (Wildman–Crippen LogP) is 2.88. The summed E-state index contributed by atoms with van der Waals surface area (Å²) in [4.78, 5) is 14.7. The number of methoxy groups -OCH3 is 3. The van der Waals surface area contributed by atoms with Gasteiger partial charge < -0.3 is 14.2 Å². The topological polar surface area (TPSA) is 72.1 Å². The molecule has 0 aromatic heterocycles. The Kier molecular flexibility index (Phi) is 7.93. The van der Waals surface area contributed by atoms with Crippen molar-refractivity contribution in [3.05, 3.63) is 59.7 Å².